The highest BCUT2D eigenvalue weighted by atomic mass is 32.2. The average molecular weight is 285 g/mol. The minimum atomic E-state index is -1.02. The second kappa shape index (κ2) is 5.75. The fourth-order valence-electron chi connectivity index (χ4n) is 2.16. The number of thioether (sulfide) groups is 1. The van der Waals surface area contributed by atoms with E-state index in [1.165, 1.54) is 11.8 Å². The minimum absolute atomic E-state index is 0.197. The number of aliphatic carboxylic acids is 1. The third kappa shape index (κ3) is 3.05. The predicted molar refractivity (Wildman–Crippen MR) is 72.0 cm³/mol. The predicted octanol–water partition coefficient (Wildman–Crippen LogP) is 2.35. The highest BCUT2D eigenvalue weighted by Crippen LogP contribution is 2.30. The van der Waals surface area contributed by atoms with Crippen molar-refractivity contribution < 1.29 is 14.7 Å². The van der Waals surface area contributed by atoms with Crippen molar-refractivity contribution >= 4 is 35.0 Å². The van der Waals surface area contributed by atoms with Crippen molar-refractivity contribution in [3.63, 3.8) is 0 Å². The summed E-state index contributed by atoms with van der Waals surface area (Å²) in [5.74, 6) is -0.831. The summed E-state index contributed by atoms with van der Waals surface area (Å²) >= 11 is 3.02. The van der Waals surface area contributed by atoms with Gasteiger partial charge in [-0.1, -0.05) is 18.9 Å². The second-order valence-corrected chi connectivity index (χ2v) is 6.59. The fourth-order valence-corrected chi connectivity index (χ4v) is 3.74. The number of amides is 1. The summed E-state index contributed by atoms with van der Waals surface area (Å²) in [6.45, 7) is 0. The van der Waals surface area contributed by atoms with E-state index >= 15 is 0 Å². The Balaban J connectivity index is 1.88. The van der Waals surface area contributed by atoms with Crippen LogP contribution < -0.4 is 5.32 Å². The third-order valence-corrected chi connectivity index (χ3v) is 5.22. The van der Waals surface area contributed by atoms with E-state index < -0.39 is 11.5 Å². The molecular weight excluding hydrogens is 270 g/mol. The minimum Gasteiger partial charge on any atom is -0.480 e. The summed E-state index contributed by atoms with van der Waals surface area (Å²) in [4.78, 5) is 23.1. The Kier molecular flexibility index (Phi) is 4.29. The van der Waals surface area contributed by atoms with Gasteiger partial charge in [-0.3, -0.25) is 4.79 Å². The molecule has 0 radical (unpaired) electrons. The van der Waals surface area contributed by atoms with Gasteiger partial charge in [0.15, 0.2) is 0 Å². The molecule has 0 aliphatic heterocycles. The van der Waals surface area contributed by atoms with Gasteiger partial charge in [-0.2, -0.15) is 0 Å². The number of carboxylic acids is 1. The van der Waals surface area contributed by atoms with Crippen LogP contribution in [-0.4, -0.2) is 28.3 Å². The first-order chi connectivity index (χ1) is 8.62. The molecule has 0 spiro atoms. The molecule has 2 N–H and O–H groups in total. The van der Waals surface area contributed by atoms with Gasteiger partial charge in [0, 0.05) is 0 Å². The number of thiophene rings is 1. The molecule has 0 atom stereocenters. The maximum atomic E-state index is 11.8. The molecule has 1 fully saturated rings. The van der Waals surface area contributed by atoms with E-state index in [0.717, 1.165) is 17.1 Å². The lowest BCUT2D eigenvalue weighted by Gasteiger charge is -2.25. The molecule has 4 nitrogen and oxygen atoms in total. The van der Waals surface area contributed by atoms with Crippen LogP contribution in [0.5, 0.6) is 0 Å². The van der Waals surface area contributed by atoms with Gasteiger partial charge in [-0.05, 0) is 24.3 Å². The van der Waals surface area contributed by atoms with Crippen LogP contribution in [0, 0.1) is 0 Å². The molecule has 1 aliphatic rings. The fraction of sp³-hybridized carbons (Fsp3) is 0.500. The van der Waals surface area contributed by atoms with E-state index in [1.807, 2.05) is 17.5 Å². The summed E-state index contributed by atoms with van der Waals surface area (Å²) < 4.78 is 1.07. The first kappa shape index (κ1) is 13.4. The van der Waals surface area contributed by atoms with Crippen molar-refractivity contribution in [2.75, 3.05) is 5.75 Å². The summed E-state index contributed by atoms with van der Waals surface area (Å²) in [7, 11) is 0. The Bertz CT molecular complexity index is 425. The lowest BCUT2D eigenvalue weighted by Crippen LogP contribution is -2.53. The molecule has 1 aromatic rings. The van der Waals surface area contributed by atoms with Crippen molar-refractivity contribution in [1.82, 2.24) is 5.32 Å². The van der Waals surface area contributed by atoms with Crippen molar-refractivity contribution in [2.45, 2.75) is 35.4 Å². The van der Waals surface area contributed by atoms with Crippen LogP contribution >= 0.6 is 23.1 Å². The molecule has 2 rings (SSSR count). The summed E-state index contributed by atoms with van der Waals surface area (Å²) in [6, 6.07) is 3.88. The van der Waals surface area contributed by atoms with Crippen LogP contribution in [0.15, 0.2) is 21.7 Å². The summed E-state index contributed by atoms with van der Waals surface area (Å²) in [5, 5.41) is 13.9. The van der Waals surface area contributed by atoms with Gasteiger partial charge in [0.05, 0.1) is 9.96 Å². The van der Waals surface area contributed by atoms with E-state index in [9.17, 15) is 14.7 Å². The molecule has 0 saturated heterocycles. The van der Waals surface area contributed by atoms with E-state index in [-0.39, 0.29) is 11.7 Å². The van der Waals surface area contributed by atoms with E-state index in [4.69, 9.17) is 0 Å². The van der Waals surface area contributed by atoms with Gasteiger partial charge in [0.2, 0.25) is 5.91 Å². The molecule has 98 valence electrons. The normalized spacial score (nSPS) is 17.6. The maximum absolute atomic E-state index is 11.8. The molecule has 1 saturated carbocycles. The number of rotatable bonds is 5. The van der Waals surface area contributed by atoms with Gasteiger partial charge >= 0.3 is 5.97 Å². The lowest BCUT2D eigenvalue weighted by molar-refractivity contribution is -0.147. The zero-order valence-corrected chi connectivity index (χ0v) is 11.5. The maximum Gasteiger partial charge on any atom is 0.329 e. The standard InChI is InChI=1S/C12H15NO3S2/c14-9(8-18-10-4-3-7-17-10)13-12(11(15)16)5-1-2-6-12/h3-4,7H,1-2,5-6,8H2,(H,13,14)(H,15,16). The molecule has 18 heavy (non-hydrogen) atoms. The SMILES string of the molecule is O=C(CSc1cccs1)NC1(C(=O)O)CCCC1. The van der Waals surface area contributed by atoms with Gasteiger partial charge < -0.3 is 10.4 Å². The van der Waals surface area contributed by atoms with Gasteiger partial charge in [-0.25, -0.2) is 4.79 Å². The molecule has 1 amide bonds. The van der Waals surface area contributed by atoms with Crippen LogP contribution in [0.1, 0.15) is 25.7 Å². The number of carbonyl (C=O) groups excluding carboxylic acids is 1. The van der Waals surface area contributed by atoms with Crippen molar-refractivity contribution in [1.29, 1.82) is 0 Å². The highest BCUT2D eigenvalue weighted by molar-refractivity contribution is 8.01. The van der Waals surface area contributed by atoms with Gasteiger partial charge in [-0.15, -0.1) is 23.1 Å². The zero-order chi connectivity index (χ0) is 13.0. The molecule has 0 bridgehead atoms. The number of hydrogen-bond donors (Lipinski definition) is 2. The molecular formula is C12H15NO3S2. The Labute approximate surface area is 114 Å². The van der Waals surface area contributed by atoms with Gasteiger partial charge in [0.1, 0.15) is 5.54 Å². The topological polar surface area (TPSA) is 66.4 Å². The molecule has 1 aromatic heterocycles. The Hall–Kier alpha value is -1.01. The first-order valence-corrected chi connectivity index (χ1v) is 7.70. The van der Waals surface area contributed by atoms with Crippen molar-refractivity contribution in [3.8, 4) is 0 Å². The van der Waals surface area contributed by atoms with Crippen LogP contribution in [0.25, 0.3) is 0 Å². The molecule has 1 aliphatic carbocycles. The van der Waals surface area contributed by atoms with E-state index in [0.29, 0.717) is 12.8 Å². The van der Waals surface area contributed by atoms with Crippen LogP contribution in [0.4, 0.5) is 0 Å². The number of carboxylic acid groups (broad SMARTS) is 1. The summed E-state index contributed by atoms with van der Waals surface area (Å²) in [5.41, 5.74) is -1.02. The molecule has 0 aromatic carbocycles. The number of nitrogens with one attached hydrogen (secondary N) is 1. The Morgan fingerprint density at radius 1 is 1.44 bits per heavy atom. The monoisotopic (exact) mass is 285 g/mol. The quantitative estimate of drug-likeness (QED) is 0.815. The Morgan fingerprint density at radius 2 is 2.17 bits per heavy atom. The van der Waals surface area contributed by atoms with E-state index in [2.05, 4.69) is 5.32 Å². The van der Waals surface area contributed by atoms with Crippen molar-refractivity contribution in [2.24, 2.45) is 0 Å². The van der Waals surface area contributed by atoms with Crippen LogP contribution in [0.3, 0.4) is 0 Å². The highest BCUT2D eigenvalue weighted by Gasteiger charge is 2.42. The summed E-state index contributed by atoms with van der Waals surface area (Å²) in [6.07, 6.45) is 2.81. The number of hydrogen-bond acceptors (Lipinski definition) is 4. The largest absolute Gasteiger partial charge is 0.480 e. The second-order valence-electron chi connectivity index (χ2n) is 4.36. The van der Waals surface area contributed by atoms with Crippen molar-refractivity contribution in [3.05, 3.63) is 17.5 Å². The van der Waals surface area contributed by atoms with E-state index in [1.54, 1.807) is 11.3 Å². The third-order valence-electron chi connectivity index (χ3n) is 3.09. The molecule has 1 heterocycles. The van der Waals surface area contributed by atoms with Crippen LogP contribution in [-0.2, 0) is 9.59 Å². The number of carbonyl (C=O) groups is 2. The first-order valence-electron chi connectivity index (χ1n) is 5.83. The molecule has 6 heteroatoms. The van der Waals surface area contributed by atoms with Crippen LogP contribution in [0.2, 0.25) is 0 Å². The molecule has 0 unspecified atom stereocenters. The zero-order valence-electron chi connectivity index (χ0n) is 9.85. The Morgan fingerprint density at radius 3 is 2.72 bits per heavy atom. The van der Waals surface area contributed by atoms with Gasteiger partial charge in [0.25, 0.3) is 0 Å². The smallest absolute Gasteiger partial charge is 0.329 e. The lowest BCUT2D eigenvalue weighted by atomic mass is 9.98. The average Bonchev–Trinajstić information content (AvgIpc) is 2.97.